The minimum Gasteiger partial charge on any atom is -0.300 e. The number of benzene rings is 1. The Hall–Kier alpha value is -1.25. The predicted molar refractivity (Wildman–Crippen MR) is 54.9 cm³/mol. The lowest BCUT2D eigenvalue weighted by atomic mass is 9.91. The smallest absolute Gasteiger partial charge is 0.134 e. The Morgan fingerprint density at radius 1 is 1.40 bits per heavy atom. The number of Topliss-reactive ketones (excluding diaryl/α,β-unsaturated/α-hetero) is 1. The lowest BCUT2D eigenvalue weighted by molar-refractivity contribution is -0.116. The van der Waals surface area contributed by atoms with Gasteiger partial charge in [0.15, 0.2) is 0 Å². The third-order valence-corrected chi connectivity index (χ3v) is 2.13. The van der Waals surface area contributed by atoms with E-state index < -0.39 is 11.5 Å². The quantitative estimate of drug-likeness (QED) is 0.752. The molecule has 82 valence electrons. The molecule has 0 aliphatic carbocycles. The van der Waals surface area contributed by atoms with Gasteiger partial charge in [0.05, 0.1) is 0 Å². The monoisotopic (exact) mass is 212 g/mol. The van der Waals surface area contributed by atoms with E-state index in [0.717, 1.165) is 0 Å². The number of rotatable bonds is 3. The van der Waals surface area contributed by atoms with Gasteiger partial charge >= 0.3 is 0 Å². The van der Waals surface area contributed by atoms with Crippen LogP contribution in [0.25, 0.3) is 0 Å². The molecule has 0 saturated carbocycles. The molecule has 1 aromatic carbocycles. The summed E-state index contributed by atoms with van der Waals surface area (Å²) in [6.07, 6.45) is 0.0699. The fourth-order valence-corrected chi connectivity index (χ4v) is 1.65. The van der Waals surface area contributed by atoms with Crippen LogP contribution in [0.15, 0.2) is 18.2 Å². The van der Waals surface area contributed by atoms with Gasteiger partial charge in [-0.3, -0.25) is 4.79 Å². The summed E-state index contributed by atoms with van der Waals surface area (Å²) in [7, 11) is 0. The highest BCUT2D eigenvalue weighted by molar-refractivity contribution is 5.78. The van der Waals surface area contributed by atoms with E-state index in [4.69, 9.17) is 0 Å². The zero-order valence-corrected chi connectivity index (χ0v) is 9.10. The van der Waals surface area contributed by atoms with Crippen molar-refractivity contribution in [2.24, 2.45) is 0 Å². The van der Waals surface area contributed by atoms with Crippen LogP contribution in [-0.4, -0.2) is 5.78 Å². The summed E-state index contributed by atoms with van der Waals surface area (Å²) in [4.78, 5) is 11.0. The number of carbonyl (C=O) groups excluding carboxylic acids is 1. The fraction of sp³-hybridized carbons (Fsp3) is 0.417. The third kappa shape index (κ3) is 2.85. The van der Waals surface area contributed by atoms with Crippen LogP contribution in [0.3, 0.4) is 0 Å². The van der Waals surface area contributed by atoms with Crippen LogP contribution in [0.1, 0.15) is 31.9 Å². The van der Waals surface area contributed by atoms with Crippen molar-refractivity contribution in [1.82, 2.24) is 0 Å². The molecule has 1 nitrogen and oxygen atoms in total. The average Bonchev–Trinajstić information content (AvgIpc) is 1.99. The van der Waals surface area contributed by atoms with E-state index in [9.17, 15) is 13.6 Å². The number of ketones is 1. The summed E-state index contributed by atoms with van der Waals surface area (Å²) in [5.41, 5.74) is -1.36. The maximum Gasteiger partial charge on any atom is 0.134 e. The number of carbonyl (C=O) groups is 1. The molecular weight excluding hydrogens is 198 g/mol. The highest BCUT2D eigenvalue weighted by atomic mass is 19.1. The Morgan fingerprint density at radius 3 is 2.47 bits per heavy atom. The predicted octanol–water partition coefficient (Wildman–Crippen LogP) is 3.16. The molecule has 15 heavy (non-hydrogen) atoms. The Kier molecular flexibility index (Phi) is 3.22. The van der Waals surface area contributed by atoms with Gasteiger partial charge in [-0.05, 0) is 32.4 Å². The van der Waals surface area contributed by atoms with E-state index in [1.165, 1.54) is 32.9 Å². The van der Waals surface area contributed by atoms with Gasteiger partial charge in [-0.2, -0.15) is 0 Å². The lowest BCUT2D eigenvalue weighted by Gasteiger charge is -2.19. The van der Waals surface area contributed by atoms with Gasteiger partial charge < -0.3 is 0 Å². The highest BCUT2D eigenvalue weighted by Crippen LogP contribution is 2.30. The summed E-state index contributed by atoms with van der Waals surface area (Å²) >= 11 is 0. The summed E-state index contributed by atoms with van der Waals surface area (Å²) in [5.74, 6) is -0.702. The molecule has 0 atom stereocenters. The second-order valence-electron chi connectivity index (χ2n) is 4.13. The molecule has 0 fully saturated rings. The number of alkyl halides is 1. The minimum atomic E-state index is -1.77. The number of hydrogen-bond donors (Lipinski definition) is 0. The van der Waals surface area contributed by atoms with Crippen LogP contribution in [-0.2, 0) is 16.9 Å². The molecule has 1 aromatic rings. The summed E-state index contributed by atoms with van der Waals surface area (Å²) in [5, 5.41) is 0. The first-order chi connectivity index (χ1) is 6.82. The number of hydrogen-bond acceptors (Lipinski definition) is 1. The maximum absolute atomic E-state index is 13.7. The fourth-order valence-electron chi connectivity index (χ4n) is 1.65. The zero-order valence-electron chi connectivity index (χ0n) is 9.10. The summed E-state index contributed by atoms with van der Waals surface area (Å²) in [6, 6.07) is 4.28. The molecule has 1 rings (SSSR count). The molecule has 0 N–H and O–H groups in total. The number of halogens is 2. The van der Waals surface area contributed by atoms with Crippen molar-refractivity contribution in [1.29, 1.82) is 0 Å². The van der Waals surface area contributed by atoms with E-state index in [-0.39, 0.29) is 17.8 Å². The van der Waals surface area contributed by atoms with Gasteiger partial charge in [-0.25, -0.2) is 8.78 Å². The normalized spacial score (nSPS) is 11.5. The molecule has 0 spiro atoms. The van der Waals surface area contributed by atoms with Crippen LogP contribution in [0.2, 0.25) is 0 Å². The van der Waals surface area contributed by atoms with Gasteiger partial charge in [0.1, 0.15) is 17.3 Å². The van der Waals surface area contributed by atoms with Crippen LogP contribution in [0, 0.1) is 5.82 Å². The van der Waals surface area contributed by atoms with Crippen molar-refractivity contribution >= 4 is 5.78 Å². The second-order valence-corrected chi connectivity index (χ2v) is 4.13. The summed E-state index contributed by atoms with van der Waals surface area (Å²) < 4.78 is 27.2. The molecule has 0 aromatic heterocycles. The Balaban J connectivity index is 3.27. The Morgan fingerprint density at radius 2 is 2.00 bits per heavy atom. The first-order valence-electron chi connectivity index (χ1n) is 4.78. The molecule has 0 bridgehead atoms. The average molecular weight is 212 g/mol. The van der Waals surface area contributed by atoms with E-state index in [0.29, 0.717) is 5.56 Å². The van der Waals surface area contributed by atoms with Gasteiger partial charge in [-0.15, -0.1) is 0 Å². The molecule has 3 heteroatoms. The molecular formula is C12H14F2O. The third-order valence-electron chi connectivity index (χ3n) is 2.13. The van der Waals surface area contributed by atoms with Crippen molar-refractivity contribution < 1.29 is 13.6 Å². The maximum atomic E-state index is 13.7. The van der Waals surface area contributed by atoms with Gasteiger partial charge in [0.25, 0.3) is 0 Å². The Bertz CT molecular complexity index is 378. The van der Waals surface area contributed by atoms with E-state index >= 15 is 0 Å². The molecule has 0 saturated heterocycles. The van der Waals surface area contributed by atoms with Crippen molar-refractivity contribution in [3.8, 4) is 0 Å². The van der Waals surface area contributed by atoms with Crippen LogP contribution in [0.5, 0.6) is 0 Å². The molecule has 0 heterocycles. The minimum absolute atomic E-state index is 0.0137. The second kappa shape index (κ2) is 4.09. The van der Waals surface area contributed by atoms with Crippen LogP contribution >= 0.6 is 0 Å². The SMILES string of the molecule is CC(=O)Cc1cccc(F)c1C(C)(C)F. The van der Waals surface area contributed by atoms with Crippen molar-refractivity contribution in [3.05, 3.63) is 35.1 Å². The van der Waals surface area contributed by atoms with Crippen LogP contribution < -0.4 is 0 Å². The lowest BCUT2D eigenvalue weighted by Crippen LogP contribution is -2.16. The molecule has 0 unspecified atom stereocenters. The topological polar surface area (TPSA) is 17.1 Å². The molecule has 0 radical (unpaired) electrons. The van der Waals surface area contributed by atoms with Crippen LogP contribution in [0.4, 0.5) is 8.78 Å². The van der Waals surface area contributed by atoms with E-state index in [1.807, 2.05) is 0 Å². The van der Waals surface area contributed by atoms with Crippen molar-refractivity contribution in [2.45, 2.75) is 32.9 Å². The van der Waals surface area contributed by atoms with Crippen molar-refractivity contribution in [2.75, 3.05) is 0 Å². The van der Waals surface area contributed by atoms with E-state index in [1.54, 1.807) is 6.07 Å². The van der Waals surface area contributed by atoms with Gasteiger partial charge in [-0.1, -0.05) is 12.1 Å². The highest BCUT2D eigenvalue weighted by Gasteiger charge is 2.26. The molecule has 0 amide bonds. The first-order valence-corrected chi connectivity index (χ1v) is 4.78. The zero-order chi connectivity index (χ0) is 11.6. The first kappa shape index (κ1) is 11.8. The standard InChI is InChI=1S/C12H14F2O/c1-8(15)7-9-5-4-6-10(13)11(9)12(2,3)14/h4-6H,7H2,1-3H3. The van der Waals surface area contributed by atoms with Gasteiger partial charge in [0, 0.05) is 12.0 Å². The van der Waals surface area contributed by atoms with Gasteiger partial charge in [0.2, 0.25) is 0 Å². The van der Waals surface area contributed by atoms with E-state index in [2.05, 4.69) is 0 Å². The molecule has 0 aliphatic rings. The Labute approximate surface area is 88.1 Å². The molecule has 0 aliphatic heterocycles. The summed E-state index contributed by atoms with van der Waals surface area (Å²) in [6.45, 7) is 3.98. The largest absolute Gasteiger partial charge is 0.300 e. The van der Waals surface area contributed by atoms with Crippen molar-refractivity contribution in [3.63, 3.8) is 0 Å².